The van der Waals surface area contributed by atoms with Crippen LogP contribution in [-0.2, 0) is 4.74 Å². The average Bonchev–Trinajstić information content (AvgIpc) is 2.65. The Morgan fingerprint density at radius 3 is 3.00 bits per heavy atom. The lowest BCUT2D eigenvalue weighted by atomic mass is 10.1. The van der Waals surface area contributed by atoms with Gasteiger partial charge in [-0.05, 0) is 24.3 Å². The van der Waals surface area contributed by atoms with Gasteiger partial charge in [0.2, 0.25) is 0 Å². The van der Waals surface area contributed by atoms with E-state index in [2.05, 4.69) is 25.8 Å². The maximum atomic E-state index is 5.13. The number of hydrogen-bond acceptors (Lipinski definition) is 6. The molecular formula is C9H14N6O. The van der Waals surface area contributed by atoms with Crippen LogP contribution in [0.3, 0.4) is 0 Å². The zero-order valence-corrected chi connectivity index (χ0v) is 9.51. The highest BCUT2D eigenvalue weighted by atomic mass is 16.5. The third kappa shape index (κ3) is 2.08. The van der Waals surface area contributed by atoms with E-state index in [4.69, 9.17) is 4.74 Å². The third-order valence-corrected chi connectivity index (χ3v) is 2.08. The molecule has 0 atom stereocenters. The number of aromatic nitrogens is 5. The standard InChI is InChI=1S/C9H14N6O/c1-9(2,6-16-3)11-7-4-10-5-8-12-13-14-15(7)8/h4-5,11H,6H2,1-3H3. The summed E-state index contributed by atoms with van der Waals surface area (Å²) in [6, 6.07) is 0. The van der Waals surface area contributed by atoms with Crippen LogP contribution in [0.25, 0.3) is 5.65 Å². The number of fused-ring (bicyclic) bond motifs is 1. The quantitative estimate of drug-likeness (QED) is 0.804. The zero-order chi connectivity index (χ0) is 11.6. The van der Waals surface area contributed by atoms with Gasteiger partial charge in [0.05, 0.1) is 24.5 Å². The van der Waals surface area contributed by atoms with Crippen LogP contribution in [-0.4, -0.2) is 44.3 Å². The van der Waals surface area contributed by atoms with Gasteiger partial charge < -0.3 is 10.1 Å². The lowest BCUT2D eigenvalue weighted by Crippen LogP contribution is -2.36. The van der Waals surface area contributed by atoms with Crippen molar-refractivity contribution in [3.63, 3.8) is 0 Å². The van der Waals surface area contributed by atoms with Gasteiger partial charge in [0.15, 0.2) is 11.5 Å². The fourth-order valence-corrected chi connectivity index (χ4v) is 1.50. The van der Waals surface area contributed by atoms with Gasteiger partial charge in [-0.25, -0.2) is 0 Å². The smallest absolute Gasteiger partial charge is 0.199 e. The lowest BCUT2D eigenvalue weighted by Gasteiger charge is -2.26. The first-order valence-corrected chi connectivity index (χ1v) is 4.92. The Morgan fingerprint density at radius 2 is 2.25 bits per heavy atom. The number of ether oxygens (including phenoxy) is 1. The Kier molecular flexibility index (Phi) is 2.69. The molecule has 2 rings (SSSR count). The first-order valence-electron chi connectivity index (χ1n) is 4.92. The lowest BCUT2D eigenvalue weighted by molar-refractivity contribution is 0.158. The van der Waals surface area contributed by atoms with E-state index >= 15 is 0 Å². The summed E-state index contributed by atoms with van der Waals surface area (Å²) >= 11 is 0. The van der Waals surface area contributed by atoms with Gasteiger partial charge >= 0.3 is 0 Å². The van der Waals surface area contributed by atoms with Crippen LogP contribution in [0.15, 0.2) is 12.4 Å². The number of tetrazole rings is 1. The molecule has 1 N–H and O–H groups in total. The van der Waals surface area contributed by atoms with Gasteiger partial charge in [-0.2, -0.15) is 4.52 Å². The fraction of sp³-hybridized carbons (Fsp3) is 0.556. The molecule has 0 aliphatic heterocycles. The number of rotatable bonds is 4. The van der Waals surface area contributed by atoms with Gasteiger partial charge in [0.25, 0.3) is 0 Å². The van der Waals surface area contributed by atoms with Crippen LogP contribution in [0.2, 0.25) is 0 Å². The van der Waals surface area contributed by atoms with Crippen molar-refractivity contribution in [2.75, 3.05) is 19.0 Å². The number of hydrogen-bond donors (Lipinski definition) is 1. The van der Waals surface area contributed by atoms with Crippen LogP contribution in [0.4, 0.5) is 5.82 Å². The van der Waals surface area contributed by atoms with E-state index in [9.17, 15) is 0 Å². The van der Waals surface area contributed by atoms with Crippen LogP contribution in [0.1, 0.15) is 13.8 Å². The Hall–Kier alpha value is -1.76. The molecule has 0 saturated carbocycles. The van der Waals surface area contributed by atoms with Crippen LogP contribution in [0.5, 0.6) is 0 Å². The average molecular weight is 222 g/mol. The van der Waals surface area contributed by atoms with E-state index in [0.29, 0.717) is 12.3 Å². The van der Waals surface area contributed by atoms with Gasteiger partial charge in [-0.1, -0.05) is 0 Å². The predicted molar refractivity (Wildman–Crippen MR) is 58.2 cm³/mol. The maximum absolute atomic E-state index is 5.13. The Bertz CT molecular complexity index is 480. The van der Waals surface area contributed by atoms with Crippen molar-refractivity contribution in [2.45, 2.75) is 19.4 Å². The second-order valence-electron chi connectivity index (χ2n) is 4.18. The molecule has 86 valence electrons. The topological polar surface area (TPSA) is 77.2 Å². The van der Waals surface area contributed by atoms with Gasteiger partial charge in [-0.15, -0.1) is 5.10 Å². The SMILES string of the molecule is COCC(C)(C)Nc1cncc2nnnn12. The number of nitrogens with zero attached hydrogens (tertiary/aromatic N) is 5. The Morgan fingerprint density at radius 1 is 1.44 bits per heavy atom. The molecular weight excluding hydrogens is 208 g/mol. The van der Waals surface area contributed by atoms with E-state index in [0.717, 1.165) is 5.82 Å². The van der Waals surface area contributed by atoms with Crippen molar-refractivity contribution in [3.8, 4) is 0 Å². The molecule has 0 aliphatic rings. The van der Waals surface area contributed by atoms with E-state index in [1.807, 2.05) is 13.8 Å². The molecule has 2 heterocycles. The van der Waals surface area contributed by atoms with Crippen molar-refractivity contribution >= 4 is 11.5 Å². The Labute approximate surface area is 92.8 Å². The van der Waals surface area contributed by atoms with E-state index < -0.39 is 0 Å². The minimum atomic E-state index is -0.212. The molecule has 7 heteroatoms. The molecule has 0 saturated heterocycles. The highest BCUT2D eigenvalue weighted by molar-refractivity contribution is 5.45. The summed E-state index contributed by atoms with van der Waals surface area (Å²) in [5.74, 6) is 0.740. The van der Waals surface area contributed by atoms with Crippen molar-refractivity contribution < 1.29 is 4.74 Å². The molecule has 0 radical (unpaired) electrons. The second kappa shape index (κ2) is 4.01. The summed E-state index contributed by atoms with van der Waals surface area (Å²) < 4.78 is 6.73. The van der Waals surface area contributed by atoms with Gasteiger partial charge in [0, 0.05) is 7.11 Å². The third-order valence-electron chi connectivity index (χ3n) is 2.08. The summed E-state index contributed by atoms with van der Waals surface area (Å²) in [4.78, 5) is 4.06. The molecule has 16 heavy (non-hydrogen) atoms. The van der Waals surface area contributed by atoms with E-state index in [-0.39, 0.29) is 5.54 Å². The molecule has 0 unspecified atom stereocenters. The van der Waals surface area contributed by atoms with Crippen LogP contribution < -0.4 is 5.32 Å². The van der Waals surface area contributed by atoms with Crippen molar-refractivity contribution in [1.29, 1.82) is 0 Å². The Balaban J connectivity index is 2.30. The molecule has 7 nitrogen and oxygen atoms in total. The molecule has 0 aliphatic carbocycles. The highest BCUT2D eigenvalue weighted by Gasteiger charge is 2.19. The molecule has 2 aromatic heterocycles. The first kappa shape index (κ1) is 10.7. The molecule has 0 aromatic carbocycles. The summed E-state index contributed by atoms with van der Waals surface area (Å²) in [5, 5.41) is 14.6. The summed E-state index contributed by atoms with van der Waals surface area (Å²) in [6.45, 7) is 4.63. The fourth-order valence-electron chi connectivity index (χ4n) is 1.50. The van der Waals surface area contributed by atoms with Crippen molar-refractivity contribution in [3.05, 3.63) is 12.4 Å². The van der Waals surface area contributed by atoms with E-state index in [1.54, 1.807) is 24.0 Å². The molecule has 2 aromatic rings. The number of methoxy groups -OCH3 is 1. The minimum Gasteiger partial charge on any atom is -0.382 e. The van der Waals surface area contributed by atoms with Crippen LogP contribution in [0, 0.1) is 0 Å². The summed E-state index contributed by atoms with van der Waals surface area (Å²) in [7, 11) is 1.67. The second-order valence-corrected chi connectivity index (χ2v) is 4.18. The monoisotopic (exact) mass is 222 g/mol. The van der Waals surface area contributed by atoms with E-state index in [1.165, 1.54) is 0 Å². The van der Waals surface area contributed by atoms with Gasteiger partial charge in [0.1, 0.15) is 0 Å². The zero-order valence-electron chi connectivity index (χ0n) is 9.51. The summed E-state index contributed by atoms with van der Waals surface area (Å²) in [5.41, 5.74) is 0.398. The molecule has 0 bridgehead atoms. The number of anilines is 1. The highest BCUT2D eigenvalue weighted by Crippen LogP contribution is 2.14. The molecule has 0 amide bonds. The first-order chi connectivity index (χ1) is 7.62. The number of nitrogens with one attached hydrogen (secondary N) is 1. The van der Waals surface area contributed by atoms with Gasteiger partial charge in [-0.3, -0.25) is 4.98 Å². The minimum absolute atomic E-state index is 0.212. The van der Waals surface area contributed by atoms with Crippen LogP contribution >= 0.6 is 0 Å². The predicted octanol–water partition coefficient (Wildman–Crippen LogP) is 0.356. The molecule has 0 spiro atoms. The van der Waals surface area contributed by atoms with Crippen molar-refractivity contribution in [1.82, 2.24) is 25.0 Å². The molecule has 0 fully saturated rings. The normalized spacial score (nSPS) is 11.9. The van der Waals surface area contributed by atoms with Crippen molar-refractivity contribution in [2.24, 2.45) is 0 Å². The maximum Gasteiger partial charge on any atom is 0.199 e. The summed E-state index contributed by atoms with van der Waals surface area (Å²) in [6.07, 6.45) is 3.29. The largest absolute Gasteiger partial charge is 0.382 e.